The zero-order valence-electron chi connectivity index (χ0n) is 10.6. The summed E-state index contributed by atoms with van der Waals surface area (Å²) in [5.74, 6) is 1.15. The minimum absolute atomic E-state index is 0.0719. The second kappa shape index (κ2) is 5.84. The molecule has 0 unspecified atom stereocenters. The lowest BCUT2D eigenvalue weighted by Crippen LogP contribution is -2.21. The summed E-state index contributed by atoms with van der Waals surface area (Å²) in [7, 11) is 3.43. The van der Waals surface area contributed by atoms with E-state index in [0.717, 1.165) is 4.47 Å². The third kappa shape index (κ3) is 3.54. The van der Waals surface area contributed by atoms with Crippen molar-refractivity contribution < 1.29 is 9.53 Å². The highest BCUT2D eigenvalue weighted by molar-refractivity contribution is 9.10. The van der Waals surface area contributed by atoms with E-state index in [2.05, 4.69) is 20.9 Å². The fraction of sp³-hybridized carbons (Fsp3) is 0.143. The smallest absolute Gasteiger partial charge is 0.253 e. The van der Waals surface area contributed by atoms with Gasteiger partial charge in [0.2, 0.25) is 0 Å². The molecular formula is C14H13BrN2O2. The molecule has 1 heterocycles. The molecule has 0 aliphatic rings. The molecule has 0 aliphatic carbocycles. The molecule has 4 nitrogen and oxygen atoms in total. The molecule has 1 aromatic heterocycles. The number of ether oxygens (including phenoxy) is 1. The topological polar surface area (TPSA) is 42.4 Å². The summed E-state index contributed by atoms with van der Waals surface area (Å²) in [4.78, 5) is 17.4. The van der Waals surface area contributed by atoms with Crippen molar-refractivity contribution in [3.8, 4) is 11.5 Å². The van der Waals surface area contributed by atoms with Gasteiger partial charge >= 0.3 is 0 Å². The van der Waals surface area contributed by atoms with Crippen molar-refractivity contribution in [1.29, 1.82) is 0 Å². The maximum Gasteiger partial charge on any atom is 0.253 e. The number of halogens is 1. The maximum atomic E-state index is 11.9. The fourth-order valence-electron chi connectivity index (χ4n) is 1.55. The first-order chi connectivity index (χ1) is 9.06. The molecule has 0 bridgehead atoms. The molecule has 19 heavy (non-hydrogen) atoms. The third-order valence-electron chi connectivity index (χ3n) is 2.39. The Morgan fingerprint density at radius 3 is 2.68 bits per heavy atom. The first-order valence-corrected chi connectivity index (χ1v) is 6.45. The zero-order valence-corrected chi connectivity index (χ0v) is 12.2. The minimum Gasteiger partial charge on any atom is -0.456 e. The van der Waals surface area contributed by atoms with Crippen LogP contribution in [0.2, 0.25) is 0 Å². The Morgan fingerprint density at radius 1 is 1.26 bits per heavy atom. The number of nitrogens with zero attached hydrogens (tertiary/aromatic N) is 2. The molecule has 0 spiro atoms. The first-order valence-electron chi connectivity index (χ1n) is 5.66. The molecule has 0 aliphatic heterocycles. The Labute approximate surface area is 120 Å². The van der Waals surface area contributed by atoms with Crippen LogP contribution in [-0.2, 0) is 0 Å². The summed E-state index contributed by atoms with van der Waals surface area (Å²) < 4.78 is 6.46. The van der Waals surface area contributed by atoms with Crippen LogP contribution in [0.15, 0.2) is 47.2 Å². The van der Waals surface area contributed by atoms with Gasteiger partial charge in [0, 0.05) is 30.3 Å². The van der Waals surface area contributed by atoms with E-state index >= 15 is 0 Å². The van der Waals surface area contributed by atoms with Gasteiger partial charge in [0.25, 0.3) is 5.91 Å². The van der Waals surface area contributed by atoms with Crippen LogP contribution in [0.5, 0.6) is 11.5 Å². The fourth-order valence-corrected chi connectivity index (χ4v) is 2.02. The molecule has 0 saturated heterocycles. The number of carbonyl (C=O) groups excluding carboxylic acids is 1. The third-order valence-corrected chi connectivity index (χ3v) is 2.85. The molecule has 1 aromatic carbocycles. The SMILES string of the molecule is CN(C)C(=O)c1cc(Br)cc(Oc2cccnc2)c1. The van der Waals surface area contributed by atoms with Crippen molar-refractivity contribution in [2.45, 2.75) is 0 Å². The Hall–Kier alpha value is -1.88. The minimum atomic E-state index is -0.0719. The number of benzene rings is 1. The van der Waals surface area contributed by atoms with Crippen LogP contribution in [0.3, 0.4) is 0 Å². The quantitative estimate of drug-likeness (QED) is 0.871. The lowest BCUT2D eigenvalue weighted by atomic mass is 10.2. The van der Waals surface area contributed by atoms with Gasteiger partial charge in [0.15, 0.2) is 0 Å². The monoisotopic (exact) mass is 320 g/mol. The highest BCUT2D eigenvalue weighted by Crippen LogP contribution is 2.26. The summed E-state index contributed by atoms with van der Waals surface area (Å²) in [6, 6.07) is 8.87. The number of carbonyl (C=O) groups is 1. The summed E-state index contributed by atoms with van der Waals surface area (Å²) >= 11 is 3.38. The summed E-state index contributed by atoms with van der Waals surface area (Å²) in [6.45, 7) is 0. The number of amides is 1. The normalized spacial score (nSPS) is 10.1. The molecule has 0 N–H and O–H groups in total. The first kappa shape index (κ1) is 13.5. The lowest BCUT2D eigenvalue weighted by molar-refractivity contribution is 0.0827. The van der Waals surface area contributed by atoms with Crippen molar-refractivity contribution in [3.63, 3.8) is 0 Å². The number of rotatable bonds is 3. The second-order valence-corrected chi connectivity index (χ2v) is 5.08. The van der Waals surface area contributed by atoms with Crippen molar-refractivity contribution >= 4 is 21.8 Å². The van der Waals surface area contributed by atoms with Gasteiger partial charge in [-0.15, -0.1) is 0 Å². The highest BCUT2D eigenvalue weighted by Gasteiger charge is 2.11. The standard InChI is InChI=1S/C14H13BrN2O2/c1-17(2)14(18)10-6-11(15)8-13(7-10)19-12-4-3-5-16-9-12/h3-9H,1-2H3. The largest absolute Gasteiger partial charge is 0.456 e. The molecule has 2 aromatic rings. The van der Waals surface area contributed by atoms with Crippen LogP contribution in [0.4, 0.5) is 0 Å². The molecule has 0 atom stereocenters. The summed E-state index contributed by atoms with van der Waals surface area (Å²) in [6.07, 6.45) is 3.29. The van der Waals surface area contributed by atoms with E-state index in [1.54, 1.807) is 56.8 Å². The lowest BCUT2D eigenvalue weighted by Gasteiger charge is -2.12. The van der Waals surface area contributed by atoms with Gasteiger partial charge in [-0.1, -0.05) is 15.9 Å². The molecule has 0 fully saturated rings. The van der Waals surface area contributed by atoms with E-state index in [-0.39, 0.29) is 5.91 Å². The number of pyridine rings is 1. The van der Waals surface area contributed by atoms with Crippen LogP contribution < -0.4 is 4.74 Å². The van der Waals surface area contributed by atoms with Crippen LogP contribution >= 0.6 is 15.9 Å². The Kier molecular flexibility index (Phi) is 4.16. The Bertz CT molecular complexity index is 585. The number of hydrogen-bond donors (Lipinski definition) is 0. The van der Waals surface area contributed by atoms with Crippen molar-refractivity contribution in [2.24, 2.45) is 0 Å². The average molecular weight is 321 g/mol. The number of hydrogen-bond acceptors (Lipinski definition) is 3. The molecular weight excluding hydrogens is 308 g/mol. The molecule has 2 rings (SSSR count). The van der Waals surface area contributed by atoms with Crippen molar-refractivity contribution in [3.05, 3.63) is 52.8 Å². The van der Waals surface area contributed by atoms with Gasteiger partial charge in [-0.05, 0) is 30.3 Å². The van der Waals surface area contributed by atoms with E-state index in [9.17, 15) is 4.79 Å². The number of aromatic nitrogens is 1. The maximum absolute atomic E-state index is 11.9. The van der Waals surface area contributed by atoms with Gasteiger partial charge in [0.1, 0.15) is 11.5 Å². The van der Waals surface area contributed by atoms with E-state index < -0.39 is 0 Å². The molecule has 0 radical (unpaired) electrons. The van der Waals surface area contributed by atoms with Gasteiger partial charge in [-0.25, -0.2) is 0 Å². The molecule has 1 amide bonds. The van der Waals surface area contributed by atoms with Crippen LogP contribution in [-0.4, -0.2) is 29.9 Å². The van der Waals surface area contributed by atoms with E-state index in [0.29, 0.717) is 17.1 Å². The van der Waals surface area contributed by atoms with E-state index in [1.807, 2.05) is 0 Å². The summed E-state index contributed by atoms with van der Waals surface area (Å²) in [5, 5.41) is 0. The second-order valence-electron chi connectivity index (χ2n) is 4.17. The van der Waals surface area contributed by atoms with Crippen molar-refractivity contribution in [2.75, 3.05) is 14.1 Å². The summed E-state index contributed by atoms with van der Waals surface area (Å²) in [5.41, 5.74) is 0.568. The van der Waals surface area contributed by atoms with Crippen molar-refractivity contribution in [1.82, 2.24) is 9.88 Å². The predicted molar refractivity (Wildman–Crippen MR) is 76.5 cm³/mol. The zero-order chi connectivity index (χ0) is 13.8. The van der Waals surface area contributed by atoms with Crippen LogP contribution in [0.25, 0.3) is 0 Å². The van der Waals surface area contributed by atoms with Gasteiger partial charge in [0.05, 0.1) is 6.20 Å². The van der Waals surface area contributed by atoms with E-state index in [4.69, 9.17) is 4.74 Å². The molecule has 0 saturated carbocycles. The highest BCUT2D eigenvalue weighted by atomic mass is 79.9. The average Bonchev–Trinajstić information content (AvgIpc) is 2.38. The van der Waals surface area contributed by atoms with Crippen LogP contribution in [0.1, 0.15) is 10.4 Å². The Balaban J connectivity index is 2.29. The van der Waals surface area contributed by atoms with Crippen LogP contribution in [0, 0.1) is 0 Å². The Morgan fingerprint density at radius 2 is 2.05 bits per heavy atom. The molecule has 5 heteroatoms. The predicted octanol–water partition coefficient (Wildman–Crippen LogP) is 3.34. The van der Waals surface area contributed by atoms with Gasteiger partial charge < -0.3 is 9.64 Å². The van der Waals surface area contributed by atoms with E-state index in [1.165, 1.54) is 4.90 Å². The molecule has 98 valence electrons. The van der Waals surface area contributed by atoms with Gasteiger partial charge in [-0.3, -0.25) is 9.78 Å². The van der Waals surface area contributed by atoms with Gasteiger partial charge in [-0.2, -0.15) is 0 Å².